The number of rotatable bonds is 6. The maximum absolute atomic E-state index is 9.93. The highest BCUT2D eigenvalue weighted by molar-refractivity contribution is 5.05. The molecule has 0 radical (unpaired) electrons. The second-order valence-electron chi connectivity index (χ2n) is 3.66. The van der Waals surface area contributed by atoms with Gasteiger partial charge in [0, 0.05) is 25.4 Å². The molecule has 0 saturated carbocycles. The number of methoxy groups -OCH3 is 1. The van der Waals surface area contributed by atoms with E-state index < -0.39 is 6.10 Å². The fourth-order valence-corrected chi connectivity index (χ4v) is 1.62. The number of nitrogens with zero attached hydrogens (tertiary/aromatic N) is 1. The van der Waals surface area contributed by atoms with E-state index in [4.69, 9.17) is 4.74 Å². The van der Waals surface area contributed by atoms with Crippen LogP contribution in [-0.2, 0) is 11.2 Å². The van der Waals surface area contributed by atoms with Crippen LogP contribution in [0.25, 0.3) is 0 Å². The first-order valence-electron chi connectivity index (χ1n) is 5.38. The van der Waals surface area contributed by atoms with E-state index in [1.165, 1.54) is 0 Å². The normalized spacial score (nSPS) is 14.9. The van der Waals surface area contributed by atoms with Gasteiger partial charge in [-0.25, -0.2) is 0 Å². The first-order valence-corrected chi connectivity index (χ1v) is 5.38. The van der Waals surface area contributed by atoms with Gasteiger partial charge >= 0.3 is 0 Å². The smallest absolute Gasteiger partial charge is 0.0856 e. The zero-order valence-electron chi connectivity index (χ0n) is 9.39. The van der Waals surface area contributed by atoms with Crippen molar-refractivity contribution in [3.8, 4) is 0 Å². The van der Waals surface area contributed by atoms with Crippen LogP contribution in [-0.4, -0.2) is 29.4 Å². The van der Waals surface area contributed by atoms with Crippen LogP contribution in [0.2, 0.25) is 0 Å². The van der Waals surface area contributed by atoms with Gasteiger partial charge in [0.15, 0.2) is 0 Å². The Hall–Kier alpha value is -0.930. The van der Waals surface area contributed by atoms with Gasteiger partial charge in [0.1, 0.15) is 0 Å². The van der Waals surface area contributed by atoms with Crippen molar-refractivity contribution in [3.05, 3.63) is 30.1 Å². The first-order chi connectivity index (χ1) is 7.27. The molecule has 0 saturated heterocycles. The molecule has 1 heterocycles. The third-order valence-corrected chi connectivity index (χ3v) is 2.45. The lowest BCUT2D eigenvalue weighted by atomic mass is 10.0. The molecule has 3 nitrogen and oxygen atoms in total. The third-order valence-electron chi connectivity index (χ3n) is 2.45. The summed E-state index contributed by atoms with van der Waals surface area (Å²) in [5.74, 6) is 0. The molecule has 3 heteroatoms. The van der Waals surface area contributed by atoms with Crippen molar-refractivity contribution in [2.45, 2.75) is 38.4 Å². The Morgan fingerprint density at radius 1 is 1.47 bits per heavy atom. The highest BCUT2D eigenvalue weighted by Gasteiger charge is 2.18. The van der Waals surface area contributed by atoms with Crippen LogP contribution in [0.15, 0.2) is 24.4 Å². The second-order valence-corrected chi connectivity index (χ2v) is 3.66. The van der Waals surface area contributed by atoms with E-state index in [0.717, 1.165) is 18.5 Å². The van der Waals surface area contributed by atoms with Crippen molar-refractivity contribution in [2.75, 3.05) is 7.11 Å². The summed E-state index contributed by atoms with van der Waals surface area (Å²) < 4.78 is 5.25. The van der Waals surface area contributed by atoms with Gasteiger partial charge in [0.2, 0.25) is 0 Å². The van der Waals surface area contributed by atoms with E-state index in [1.54, 1.807) is 13.3 Å². The first kappa shape index (κ1) is 12.1. The Morgan fingerprint density at radius 2 is 2.27 bits per heavy atom. The van der Waals surface area contributed by atoms with Crippen molar-refractivity contribution >= 4 is 0 Å². The van der Waals surface area contributed by atoms with E-state index in [0.29, 0.717) is 6.42 Å². The Balaban J connectivity index is 2.50. The molecule has 0 aliphatic carbocycles. The van der Waals surface area contributed by atoms with E-state index in [2.05, 4.69) is 11.9 Å². The summed E-state index contributed by atoms with van der Waals surface area (Å²) in [6.45, 7) is 2.08. The molecule has 1 aromatic heterocycles. The highest BCUT2D eigenvalue weighted by atomic mass is 16.5. The maximum atomic E-state index is 9.93. The Kier molecular flexibility index (Phi) is 5.29. The average Bonchev–Trinajstić information content (AvgIpc) is 2.27. The number of ether oxygens (including phenoxy) is 1. The summed E-state index contributed by atoms with van der Waals surface area (Å²) in [6.07, 6.45) is 3.63. The van der Waals surface area contributed by atoms with Crippen molar-refractivity contribution in [2.24, 2.45) is 0 Å². The predicted octanol–water partition coefficient (Wildman–Crippen LogP) is 1.80. The van der Waals surface area contributed by atoms with Crippen LogP contribution in [0.1, 0.15) is 25.5 Å². The van der Waals surface area contributed by atoms with E-state index >= 15 is 0 Å². The monoisotopic (exact) mass is 209 g/mol. The minimum atomic E-state index is -0.468. The average molecular weight is 209 g/mol. The summed E-state index contributed by atoms with van der Waals surface area (Å²) in [5, 5.41) is 9.93. The number of pyridine rings is 1. The molecule has 0 aliphatic heterocycles. The highest BCUT2D eigenvalue weighted by Crippen LogP contribution is 2.10. The number of hydrogen-bond donors (Lipinski definition) is 1. The Labute approximate surface area is 91.1 Å². The van der Waals surface area contributed by atoms with Gasteiger partial charge in [-0.05, 0) is 18.6 Å². The van der Waals surface area contributed by atoms with Crippen LogP contribution in [0, 0.1) is 0 Å². The number of aliphatic hydroxyl groups excluding tert-OH is 1. The lowest BCUT2D eigenvalue weighted by Crippen LogP contribution is -2.30. The fraction of sp³-hybridized carbons (Fsp3) is 0.583. The molecular weight excluding hydrogens is 190 g/mol. The third kappa shape index (κ3) is 3.98. The van der Waals surface area contributed by atoms with Crippen molar-refractivity contribution < 1.29 is 9.84 Å². The van der Waals surface area contributed by atoms with Gasteiger partial charge in [0.25, 0.3) is 0 Å². The quantitative estimate of drug-likeness (QED) is 0.776. The molecule has 2 unspecified atom stereocenters. The minimum absolute atomic E-state index is 0.0861. The SMILES string of the molecule is CCCC(OC)C(O)Cc1ccccn1. The maximum Gasteiger partial charge on any atom is 0.0856 e. The topological polar surface area (TPSA) is 42.4 Å². The molecule has 0 spiro atoms. The zero-order valence-corrected chi connectivity index (χ0v) is 9.39. The molecule has 84 valence electrons. The van der Waals surface area contributed by atoms with Crippen LogP contribution < -0.4 is 0 Å². The molecule has 1 N–H and O–H groups in total. The zero-order chi connectivity index (χ0) is 11.1. The molecule has 15 heavy (non-hydrogen) atoms. The minimum Gasteiger partial charge on any atom is -0.390 e. The van der Waals surface area contributed by atoms with E-state index in [-0.39, 0.29) is 6.10 Å². The molecule has 0 fully saturated rings. The summed E-state index contributed by atoms with van der Waals surface area (Å²) >= 11 is 0. The van der Waals surface area contributed by atoms with E-state index in [9.17, 15) is 5.11 Å². The summed E-state index contributed by atoms with van der Waals surface area (Å²) in [4.78, 5) is 4.18. The lowest BCUT2D eigenvalue weighted by Gasteiger charge is -2.20. The Bertz CT molecular complexity index is 264. The Morgan fingerprint density at radius 3 is 2.80 bits per heavy atom. The van der Waals surface area contributed by atoms with Gasteiger partial charge < -0.3 is 9.84 Å². The number of hydrogen-bond acceptors (Lipinski definition) is 3. The molecule has 0 aromatic carbocycles. The fourth-order valence-electron chi connectivity index (χ4n) is 1.62. The molecule has 1 aromatic rings. The summed E-state index contributed by atoms with van der Waals surface area (Å²) in [7, 11) is 1.64. The molecule has 2 atom stereocenters. The van der Waals surface area contributed by atoms with Crippen LogP contribution >= 0.6 is 0 Å². The summed E-state index contributed by atoms with van der Waals surface area (Å²) in [5.41, 5.74) is 0.906. The number of aromatic nitrogens is 1. The van der Waals surface area contributed by atoms with Crippen molar-refractivity contribution in [3.63, 3.8) is 0 Å². The molecule has 1 rings (SSSR count). The van der Waals surface area contributed by atoms with Gasteiger partial charge in [-0.15, -0.1) is 0 Å². The van der Waals surface area contributed by atoms with E-state index in [1.807, 2.05) is 18.2 Å². The van der Waals surface area contributed by atoms with Gasteiger partial charge in [-0.2, -0.15) is 0 Å². The molecule has 0 aliphatic rings. The van der Waals surface area contributed by atoms with Gasteiger partial charge in [-0.1, -0.05) is 19.4 Å². The van der Waals surface area contributed by atoms with Gasteiger partial charge in [-0.3, -0.25) is 4.98 Å². The van der Waals surface area contributed by atoms with Crippen LogP contribution in [0.4, 0.5) is 0 Å². The summed E-state index contributed by atoms with van der Waals surface area (Å²) in [6, 6.07) is 5.72. The van der Waals surface area contributed by atoms with Crippen LogP contribution in [0.3, 0.4) is 0 Å². The lowest BCUT2D eigenvalue weighted by molar-refractivity contribution is -0.0163. The van der Waals surface area contributed by atoms with Crippen molar-refractivity contribution in [1.82, 2.24) is 4.98 Å². The predicted molar refractivity (Wildman–Crippen MR) is 59.7 cm³/mol. The number of aliphatic hydroxyl groups is 1. The molecule has 0 amide bonds. The standard InChI is InChI=1S/C12H19NO2/c1-3-6-12(15-2)11(14)9-10-7-4-5-8-13-10/h4-5,7-8,11-12,14H,3,6,9H2,1-2H3. The van der Waals surface area contributed by atoms with Crippen LogP contribution in [0.5, 0.6) is 0 Å². The van der Waals surface area contributed by atoms with Crippen molar-refractivity contribution in [1.29, 1.82) is 0 Å². The molecular formula is C12H19NO2. The second kappa shape index (κ2) is 6.53. The van der Waals surface area contributed by atoms with Gasteiger partial charge in [0.05, 0.1) is 12.2 Å². The largest absolute Gasteiger partial charge is 0.390 e. The molecule has 0 bridgehead atoms.